The number of esters is 1. The second kappa shape index (κ2) is 8.24. The fraction of sp³-hybridized carbons (Fsp3) is 0.263. The topological polar surface area (TPSA) is 122 Å². The predicted octanol–water partition coefficient (Wildman–Crippen LogP) is 2.38. The van der Waals surface area contributed by atoms with Gasteiger partial charge in [0.05, 0.1) is 17.0 Å². The van der Waals surface area contributed by atoms with Crippen molar-refractivity contribution in [3.63, 3.8) is 0 Å². The number of hydrogen-bond acceptors (Lipinski definition) is 7. The van der Waals surface area contributed by atoms with E-state index in [0.717, 1.165) is 5.69 Å². The lowest BCUT2D eigenvalue weighted by Gasteiger charge is -2.15. The number of amides is 1. The molecular weight excluding hydrogens is 396 g/mol. The standard InChI is InChI=1S/C19H17ClN6O3/c1-10-15(11(2)26-19(24-10)22-9-23-26)7-17(27)29-12(3)18(28)25-14-5-4-13(8-21)16(20)6-14/h4-6,9,12H,7H2,1-3H3,(H,25,28)/t12-/m0/s1. The first-order chi connectivity index (χ1) is 13.8. The van der Waals surface area contributed by atoms with Gasteiger partial charge >= 0.3 is 5.97 Å². The van der Waals surface area contributed by atoms with Gasteiger partial charge in [-0.2, -0.15) is 15.3 Å². The van der Waals surface area contributed by atoms with Gasteiger partial charge in [0, 0.05) is 22.6 Å². The molecule has 0 fully saturated rings. The molecule has 29 heavy (non-hydrogen) atoms. The van der Waals surface area contributed by atoms with Gasteiger partial charge in [-0.05, 0) is 39.0 Å². The summed E-state index contributed by atoms with van der Waals surface area (Å²) in [5, 5.41) is 15.8. The minimum Gasteiger partial charge on any atom is -0.452 e. The number of ether oxygens (including phenoxy) is 1. The van der Waals surface area contributed by atoms with Crippen molar-refractivity contribution in [2.45, 2.75) is 33.3 Å². The largest absolute Gasteiger partial charge is 0.452 e. The number of anilines is 1. The first kappa shape index (κ1) is 20.2. The molecule has 9 nitrogen and oxygen atoms in total. The first-order valence-corrected chi connectivity index (χ1v) is 9.03. The Morgan fingerprint density at radius 1 is 1.38 bits per heavy atom. The maximum atomic E-state index is 12.4. The Balaban J connectivity index is 1.65. The zero-order valence-electron chi connectivity index (χ0n) is 15.9. The summed E-state index contributed by atoms with van der Waals surface area (Å²) in [6, 6.07) is 6.43. The molecular formula is C19H17ClN6O3. The van der Waals surface area contributed by atoms with E-state index in [-0.39, 0.29) is 11.4 Å². The number of benzene rings is 1. The van der Waals surface area contributed by atoms with Gasteiger partial charge in [0.15, 0.2) is 6.10 Å². The molecule has 3 rings (SSSR count). The number of hydrogen-bond donors (Lipinski definition) is 1. The number of rotatable bonds is 5. The quantitative estimate of drug-likeness (QED) is 0.638. The Kier molecular flexibility index (Phi) is 5.75. The third-order valence-electron chi connectivity index (χ3n) is 4.34. The summed E-state index contributed by atoms with van der Waals surface area (Å²) in [5.41, 5.74) is 2.73. The van der Waals surface area contributed by atoms with E-state index in [2.05, 4.69) is 20.4 Å². The van der Waals surface area contributed by atoms with Crippen LogP contribution in [0, 0.1) is 25.2 Å². The van der Waals surface area contributed by atoms with E-state index >= 15 is 0 Å². The van der Waals surface area contributed by atoms with Crippen LogP contribution in [0.5, 0.6) is 0 Å². The lowest BCUT2D eigenvalue weighted by molar-refractivity contribution is -0.152. The molecule has 0 spiro atoms. The van der Waals surface area contributed by atoms with Gasteiger partial charge < -0.3 is 10.1 Å². The molecule has 0 saturated heterocycles. The molecule has 3 aromatic rings. The zero-order valence-corrected chi connectivity index (χ0v) is 16.7. The maximum absolute atomic E-state index is 12.4. The van der Waals surface area contributed by atoms with Crippen molar-refractivity contribution in [3.05, 3.63) is 52.1 Å². The summed E-state index contributed by atoms with van der Waals surface area (Å²) in [4.78, 5) is 33.0. The second-order valence-electron chi connectivity index (χ2n) is 6.34. The Labute approximate surface area is 171 Å². The average molecular weight is 413 g/mol. The molecule has 10 heteroatoms. The van der Waals surface area contributed by atoms with Gasteiger partial charge in [-0.15, -0.1) is 0 Å². The molecule has 0 aliphatic heterocycles. The molecule has 0 aliphatic rings. The van der Waals surface area contributed by atoms with Gasteiger partial charge in [0.1, 0.15) is 12.4 Å². The maximum Gasteiger partial charge on any atom is 0.311 e. The number of halogens is 1. The third kappa shape index (κ3) is 4.33. The summed E-state index contributed by atoms with van der Waals surface area (Å²) in [7, 11) is 0. The molecule has 1 aromatic carbocycles. The van der Waals surface area contributed by atoms with Crippen molar-refractivity contribution in [2.24, 2.45) is 0 Å². The summed E-state index contributed by atoms with van der Waals surface area (Å²) in [6.07, 6.45) is 0.306. The van der Waals surface area contributed by atoms with Crippen LogP contribution in [0.25, 0.3) is 5.78 Å². The van der Waals surface area contributed by atoms with Crippen LogP contribution in [-0.4, -0.2) is 37.6 Å². The van der Waals surface area contributed by atoms with Crippen LogP contribution in [0.2, 0.25) is 5.02 Å². The summed E-state index contributed by atoms with van der Waals surface area (Å²) in [5.74, 6) is -0.638. The summed E-state index contributed by atoms with van der Waals surface area (Å²) in [6.45, 7) is 5.05. The van der Waals surface area contributed by atoms with Crippen molar-refractivity contribution in [1.82, 2.24) is 19.6 Å². The van der Waals surface area contributed by atoms with E-state index < -0.39 is 18.0 Å². The van der Waals surface area contributed by atoms with E-state index in [1.807, 2.05) is 13.0 Å². The molecule has 1 amide bonds. The number of carbonyl (C=O) groups is 2. The lowest BCUT2D eigenvalue weighted by atomic mass is 10.1. The fourth-order valence-electron chi connectivity index (χ4n) is 2.78. The van der Waals surface area contributed by atoms with Crippen LogP contribution in [-0.2, 0) is 20.7 Å². The first-order valence-electron chi connectivity index (χ1n) is 8.66. The van der Waals surface area contributed by atoms with E-state index in [9.17, 15) is 9.59 Å². The van der Waals surface area contributed by atoms with Gasteiger partial charge in [-0.1, -0.05) is 11.6 Å². The van der Waals surface area contributed by atoms with E-state index in [0.29, 0.717) is 28.3 Å². The van der Waals surface area contributed by atoms with Crippen molar-refractivity contribution >= 4 is 34.9 Å². The van der Waals surface area contributed by atoms with Crippen LogP contribution in [0.4, 0.5) is 5.69 Å². The highest BCUT2D eigenvalue weighted by Crippen LogP contribution is 2.20. The van der Waals surface area contributed by atoms with Crippen molar-refractivity contribution in [2.75, 3.05) is 5.32 Å². The average Bonchev–Trinajstić information content (AvgIpc) is 3.13. The van der Waals surface area contributed by atoms with E-state index in [1.54, 1.807) is 17.5 Å². The molecule has 0 radical (unpaired) electrons. The number of nitrogens with zero attached hydrogens (tertiary/aromatic N) is 5. The molecule has 2 heterocycles. The number of nitrogens with one attached hydrogen (secondary N) is 1. The predicted molar refractivity (Wildman–Crippen MR) is 104 cm³/mol. The van der Waals surface area contributed by atoms with Crippen LogP contribution in [0.15, 0.2) is 24.5 Å². The van der Waals surface area contributed by atoms with Crippen LogP contribution in [0.1, 0.15) is 29.4 Å². The molecule has 1 atom stereocenters. The minimum absolute atomic E-state index is 0.0548. The number of carbonyl (C=O) groups excluding carboxylic acids is 2. The minimum atomic E-state index is -1.03. The summed E-state index contributed by atoms with van der Waals surface area (Å²) >= 11 is 5.95. The van der Waals surface area contributed by atoms with Gasteiger partial charge in [0.2, 0.25) is 0 Å². The highest BCUT2D eigenvalue weighted by atomic mass is 35.5. The molecule has 0 saturated carbocycles. The molecule has 1 N–H and O–H groups in total. The summed E-state index contributed by atoms with van der Waals surface area (Å²) < 4.78 is 6.80. The van der Waals surface area contributed by atoms with Crippen LogP contribution in [0.3, 0.4) is 0 Å². The van der Waals surface area contributed by atoms with Crippen LogP contribution < -0.4 is 5.32 Å². The molecule has 0 unspecified atom stereocenters. The second-order valence-corrected chi connectivity index (χ2v) is 6.74. The van der Waals surface area contributed by atoms with E-state index in [4.69, 9.17) is 21.6 Å². The fourth-order valence-corrected chi connectivity index (χ4v) is 3.00. The lowest BCUT2D eigenvalue weighted by Crippen LogP contribution is -2.30. The highest BCUT2D eigenvalue weighted by Gasteiger charge is 2.21. The number of aryl methyl sites for hydroxylation is 2. The smallest absolute Gasteiger partial charge is 0.311 e. The van der Waals surface area contributed by atoms with Crippen LogP contribution >= 0.6 is 11.6 Å². The van der Waals surface area contributed by atoms with Gasteiger partial charge in [0.25, 0.3) is 11.7 Å². The Morgan fingerprint density at radius 2 is 2.14 bits per heavy atom. The Hall–Kier alpha value is -3.51. The molecule has 0 aliphatic carbocycles. The molecule has 2 aromatic heterocycles. The van der Waals surface area contributed by atoms with Crippen molar-refractivity contribution in [1.29, 1.82) is 5.26 Å². The molecule has 148 valence electrons. The monoisotopic (exact) mass is 412 g/mol. The SMILES string of the molecule is Cc1nc2ncnn2c(C)c1CC(=O)O[C@@H](C)C(=O)Nc1ccc(C#N)c(Cl)c1. The van der Waals surface area contributed by atoms with Crippen molar-refractivity contribution in [3.8, 4) is 6.07 Å². The third-order valence-corrected chi connectivity index (χ3v) is 4.66. The number of fused-ring (bicyclic) bond motifs is 1. The molecule has 0 bridgehead atoms. The Morgan fingerprint density at radius 3 is 2.83 bits per heavy atom. The Bertz CT molecular complexity index is 1150. The van der Waals surface area contributed by atoms with Gasteiger partial charge in [-0.3, -0.25) is 9.59 Å². The number of nitriles is 1. The number of aromatic nitrogens is 4. The zero-order chi connectivity index (χ0) is 21.1. The normalized spacial score (nSPS) is 11.7. The van der Waals surface area contributed by atoms with Gasteiger partial charge in [-0.25, -0.2) is 9.50 Å². The van der Waals surface area contributed by atoms with E-state index in [1.165, 1.54) is 25.4 Å². The van der Waals surface area contributed by atoms with Crippen molar-refractivity contribution < 1.29 is 14.3 Å². The highest BCUT2D eigenvalue weighted by molar-refractivity contribution is 6.32.